The van der Waals surface area contributed by atoms with Crippen LogP contribution in [0.1, 0.15) is 55.6 Å². The van der Waals surface area contributed by atoms with Gasteiger partial charge in [0.1, 0.15) is 11.9 Å². The van der Waals surface area contributed by atoms with E-state index in [9.17, 15) is 31.2 Å². The third-order valence-electron chi connectivity index (χ3n) is 8.91. The number of hydrogen-bond acceptors (Lipinski definition) is 7. The summed E-state index contributed by atoms with van der Waals surface area (Å²) in [4.78, 5) is 26.8. The van der Waals surface area contributed by atoms with Gasteiger partial charge in [0.15, 0.2) is 0 Å². The summed E-state index contributed by atoms with van der Waals surface area (Å²) in [6.07, 6.45) is -0.995. The van der Waals surface area contributed by atoms with E-state index in [1.165, 1.54) is 18.2 Å². The number of nitrogens with one attached hydrogen (secondary N) is 4. The van der Waals surface area contributed by atoms with Crippen molar-refractivity contribution in [1.82, 2.24) is 15.4 Å². The van der Waals surface area contributed by atoms with Crippen molar-refractivity contribution < 1.29 is 45.0 Å². The van der Waals surface area contributed by atoms with E-state index in [1.54, 1.807) is 24.3 Å². The standard InChI is InChI=1S/C34H41ClF4N4O6S/c1-3-24-6-5-17-50(46,47)43-25(20-40-24)13-14-27-28(36)7-4-8-29(27)41-32(44)31(42-33(45)48-2)30(21-9-11-23(35)12-10-21)22-15-16-49-26(18-22)19-34(37,38)39/h1,4,7-12,22,24-26,30-31,40,43H,5-6,13-20H2,2H3,(H,41,44)(H,42,45)/t22?,24?,25?,26?,30-,31-/m0/s1. The van der Waals surface area contributed by atoms with Gasteiger partial charge in [0, 0.05) is 41.4 Å². The first-order chi connectivity index (χ1) is 23.7. The number of halogens is 5. The van der Waals surface area contributed by atoms with Gasteiger partial charge in [-0.25, -0.2) is 22.3 Å². The number of ether oxygens (including phenoxy) is 2. The number of amides is 2. The van der Waals surface area contributed by atoms with Gasteiger partial charge in [-0.3, -0.25) is 4.79 Å². The van der Waals surface area contributed by atoms with Crippen LogP contribution in [0.5, 0.6) is 0 Å². The second kappa shape index (κ2) is 17.7. The molecule has 0 radical (unpaired) electrons. The van der Waals surface area contributed by atoms with Crippen LogP contribution in [0, 0.1) is 24.1 Å². The van der Waals surface area contributed by atoms with Gasteiger partial charge >= 0.3 is 12.3 Å². The molecule has 4 unspecified atom stereocenters. The Morgan fingerprint density at radius 2 is 1.92 bits per heavy atom. The summed E-state index contributed by atoms with van der Waals surface area (Å²) in [5.41, 5.74) is 0.682. The lowest BCUT2D eigenvalue weighted by molar-refractivity contribution is -0.169. The van der Waals surface area contributed by atoms with Crippen molar-refractivity contribution in [1.29, 1.82) is 0 Å². The molecule has 6 atom stereocenters. The highest BCUT2D eigenvalue weighted by Gasteiger charge is 2.42. The summed E-state index contributed by atoms with van der Waals surface area (Å²) in [6.45, 7) is 0.191. The molecule has 2 aliphatic rings. The van der Waals surface area contributed by atoms with E-state index in [4.69, 9.17) is 27.5 Å². The lowest BCUT2D eigenvalue weighted by Gasteiger charge is -2.38. The van der Waals surface area contributed by atoms with Crippen molar-refractivity contribution >= 4 is 39.3 Å². The summed E-state index contributed by atoms with van der Waals surface area (Å²) in [7, 11) is -2.53. The van der Waals surface area contributed by atoms with Crippen LogP contribution < -0.4 is 20.7 Å². The van der Waals surface area contributed by atoms with E-state index in [1.807, 2.05) is 0 Å². The average molecular weight is 745 g/mol. The van der Waals surface area contributed by atoms with Crippen LogP contribution in [0.4, 0.5) is 28.0 Å². The van der Waals surface area contributed by atoms with Crippen LogP contribution in [0.25, 0.3) is 0 Å². The SMILES string of the molecule is C#CC1CCCS(=O)(=O)NC(CCc2c(F)cccc2NC(=O)[C@@H](NC(=O)OC)[C@@H](c2ccc(Cl)cc2)C2CCOC(CC(F)(F)F)C2)CN1. The minimum atomic E-state index is -4.48. The van der Waals surface area contributed by atoms with E-state index >= 15 is 4.39 Å². The topological polar surface area (TPSA) is 135 Å². The first-order valence-electron chi connectivity index (χ1n) is 16.2. The fourth-order valence-corrected chi connectivity index (χ4v) is 8.04. The zero-order valence-electron chi connectivity index (χ0n) is 27.4. The van der Waals surface area contributed by atoms with E-state index < -0.39 is 70.5 Å². The van der Waals surface area contributed by atoms with Gasteiger partial charge in [0.2, 0.25) is 15.9 Å². The van der Waals surface area contributed by atoms with E-state index in [0.29, 0.717) is 23.4 Å². The van der Waals surface area contributed by atoms with Crippen LogP contribution >= 0.6 is 11.6 Å². The summed E-state index contributed by atoms with van der Waals surface area (Å²) in [5, 5.41) is 8.81. The smallest absolute Gasteiger partial charge is 0.407 e. The zero-order valence-corrected chi connectivity index (χ0v) is 29.0. The van der Waals surface area contributed by atoms with Crippen LogP contribution in [0.3, 0.4) is 0 Å². The molecule has 16 heteroatoms. The number of terminal acetylenes is 1. The normalized spacial score (nSPS) is 23.9. The van der Waals surface area contributed by atoms with Crippen molar-refractivity contribution in [3.63, 3.8) is 0 Å². The molecular weight excluding hydrogens is 704 g/mol. The molecule has 2 fully saturated rings. The molecule has 2 heterocycles. The van der Waals surface area contributed by atoms with Crippen molar-refractivity contribution in [2.24, 2.45) is 5.92 Å². The Labute approximate surface area is 294 Å². The molecule has 4 rings (SSSR count). The molecule has 4 N–H and O–H groups in total. The van der Waals surface area contributed by atoms with Crippen molar-refractivity contribution in [3.8, 4) is 12.3 Å². The predicted octanol–water partition coefficient (Wildman–Crippen LogP) is 5.28. The first kappa shape index (κ1) is 39.4. The van der Waals surface area contributed by atoms with Crippen LogP contribution in [-0.4, -0.2) is 76.8 Å². The molecule has 2 aliphatic heterocycles. The van der Waals surface area contributed by atoms with Crippen molar-refractivity contribution in [3.05, 3.63) is 64.4 Å². The number of sulfonamides is 1. The fraction of sp³-hybridized carbons (Fsp3) is 0.529. The van der Waals surface area contributed by atoms with Crippen molar-refractivity contribution in [2.45, 2.75) is 81.3 Å². The van der Waals surface area contributed by atoms with Gasteiger partial charge < -0.3 is 25.4 Å². The number of carbonyl (C=O) groups excluding carboxylic acids is 2. The number of alkyl carbamates (subject to hydrolysis) is 1. The number of methoxy groups -OCH3 is 1. The maximum Gasteiger partial charge on any atom is 0.407 e. The number of anilines is 1. The third-order valence-corrected chi connectivity index (χ3v) is 10.7. The molecule has 2 aromatic carbocycles. The Morgan fingerprint density at radius 1 is 1.18 bits per heavy atom. The minimum absolute atomic E-state index is 0.00200. The highest BCUT2D eigenvalue weighted by atomic mass is 35.5. The maximum atomic E-state index is 15.4. The molecule has 274 valence electrons. The molecule has 2 saturated heterocycles. The van der Waals surface area contributed by atoms with Crippen LogP contribution in [0.2, 0.25) is 5.02 Å². The van der Waals surface area contributed by atoms with Gasteiger partial charge in [-0.05, 0) is 74.3 Å². The highest BCUT2D eigenvalue weighted by Crippen LogP contribution is 2.40. The number of carbonyl (C=O) groups is 2. The van der Waals surface area contributed by atoms with Gasteiger partial charge in [0.05, 0.1) is 31.4 Å². The predicted molar refractivity (Wildman–Crippen MR) is 181 cm³/mol. The van der Waals surface area contributed by atoms with Crippen molar-refractivity contribution in [2.75, 3.05) is 31.3 Å². The molecule has 0 bridgehead atoms. The molecule has 0 saturated carbocycles. The summed E-state index contributed by atoms with van der Waals surface area (Å²) in [5.74, 6) is -0.373. The molecule has 10 nitrogen and oxygen atoms in total. The second-order valence-corrected chi connectivity index (χ2v) is 14.8. The molecule has 2 amide bonds. The molecule has 0 spiro atoms. The Kier molecular flexibility index (Phi) is 13.9. The van der Waals surface area contributed by atoms with Gasteiger partial charge in [0.25, 0.3) is 0 Å². The van der Waals surface area contributed by atoms with Gasteiger partial charge in [-0.15, -0.1) is 6.42 Å². The molecule has 2 aromatic rings. The van der Waals surface area contributed by atoms with Crippen LogP contribution in [-0.2, 0) is 30.7 Å². The maximum absolute atomic E-state index is 15.4. The zero-order chi connectivity index (χ0) is 36.5. The van der Waals surface area contributed by atoms with E-state index in [0.717, 1.165) is 7.11 Å². The summed E-state index contributed by atoms with van der Waals surface area (Å²) in [6, 6.07) is 8.10. The monoisotopic (exact) mass is 744 g/mol. The third kappa shape index (κ3) is 11.6. The number of benzene rings is 2. The molecule has 0 aromatic heterocycles. The van der Waals surface area contributed by atoms with E-state index in [2.05, 4.69) is 26.6 Å². The van der Waals surface area contributed by atoms with Gasteiger partial charge in [-0.1, -0.05) is 35.7 Å². The lowest BCUT2D eigenvalue weighted by atomic mass is 9.74. The molecule has 0 aliphatic carbocycles. The second-order valence-electron chi connectivity index (χ2n) is 12.5. The average Bonchev–Trinajstić information content (AvgIpc) is 3.12. The van der Waals surface area contributed by atoms with E-state index in [-0.39, 0.29) is 61.9 Å². The Bertz CT molecular complexity index is 1620. The van der Waals surface area contributed by atoms with Crippen LogP contribution in [0.15, 0.2) is 42.5 Å². The fourth-order valence-electron chi connectivity index (χ4n) is 6.54. The lowest BCUT2D eigenvalue weighted by Crippen LogP contribution is -2.50. The Morgan fingerprint density at radius 3 is 2.60 bits per heavy atom. The Hall–Kier alpha value is -3.42. The summed E-state index contributed by atoms with van der Waals surface area (Å²) >= 11 is 6.13. The quantitative estimate of drug-likeness (QED) is 0.192. The number of hydrogen-bond donors (Lipinski definition) is 4. The molecular formula is C34H41ClF4N4O6S. The van der Waals surface area contributed by atoms with Gasteiger partial charge in [-0.2, -0.15) is 13.2 Å². The minimum Gasteiger partial charge on any atom is -0.453 e. The largest absolute Gasteiger partial charge is 0.453 e. The highest BCUT2D eigenvalue weighted by molar-refractivity contribution is 7.89. The molecule has 50 heavy (non-hydrogen) atoms. The Balaban J connectivity index is 1.63. The number of alkyl halides is 3. The first-order valence-corrected chi connectivity index (χ1v) is 18.3. The number of rotatable bonds is 10. The summed E-state index contributed by atoms with van der Waals surface area (Å²) < 4.78 is 93.6.